The van der Waals surface area contributed by atoms with Crippen LogP contribution in [0.1, 0.15) is 55.0 Å². The van der Waals surface area contributed by atoms with Gasteiger partial charge in [-0.1, -0.05) is 17.8 Å². The fourth-order valence-electron chi connectivity index (χ4n) is 5.86. The predicted octanol–water partition coefficient (Wildman–Crippen LogP) is 6.38. The first-order chi connectivity index (χ1) is 17.4. The van der Waals surface area contributed by atoms with Crippen molar-refractivity contribution in [2.75, 3.05) is 11.5 Å². The van der Waals surface area contributed by atoms with Crippen LogP contribution in [0.25, 0.3) is 22.2 Å². The zero-order valence-electron chi connectivity index (χ0n) is 20.3. The molecule has 6 nitrogen and oxygen atoms in total. The number of nitrogens with zero attached hydrogens (tertiary/aromatic N) is 4. The molecule has 1 atom stereocenters. The van der Waals surface area contributed by atoms with Crippen molar-refractivity contribution in [3.05, 3.63) is 77.6 Å². The molecule has 2 aromatic heterocycles. The van der Waals surface area contributed by atoms with Crippen molar-refractivity contribution in [3.8, 4) is 11.1 Å². The lowest BCUT2D eigenvalue weighted by Crippen LogP contribution is -2.32. The normalized spacial score (nSPS) is 22.0. The maximum Gasteiger partial charge on any atom is 0.160 e. The van der Waals surface area contributed by atoms with E-state index in [1.165, 1.54) is 6.07 Å². The lowest BCUT2D eigenvalue weighted by atomic mass is 9.80. The number of anilines is 1. The zero-order chi connectivity index (χ0) is 25.1. The Labute approximate surface area is 207 Å². The molecule has 4 aromatic rings. The summed E-state index contributed by atoms with van der Waals surface area (Å²) in [5, 5.41) is 13.7. The van der Waals surface area contributed by atoms with Crippen molar-refractivity contribution >= 4 is 16.7 Å². The average Bonchev–Trinajstić information content (AvgIpc) is 3.49. The highest BCUT2D eigenvalue weighted by molar-refractivity contribution is 5.84. The van der Waals surface area contributed by atoms with Gasteiger partial charge in [0.15, 0.2) is 11.6 Å². The van der Waals surface area contributed by atoms with Crippen LogP contribution in [0.3, 0.4) is 0 Å². The summed E-state index contributed by atoms with van der Waals surface area (Å²) in [6, 6.07) is 10.3. The first-order valence-corrected chi connectivity index (χ1v) is 12.3. The molecular weight excluding hydrogens is 462 g/mol. The summed E-state index contributed by atoms with van der Waals surface area (Å²) in [7, 11) is 0. The van der Waals surface area contributed by atoms with E-state index in [9.17, 15) is 13.9 Å². The number of aromatic nitrogens is 3. The van der Waals surface area contributed by atoms with Crippen LogP contribution < -0.4 is 4.90 Å². The van der Waals surface area contributed by atoms with Crippen molar-refractivity contribution in [1.29, 1.82) is 0 Å². The molecule has 0 unspecified atom stereocenters. The maximum absolute atomic E-state index is 14.2. The highest BCUT2D eigenvalue weighted by Crippen LogP contribution is 2.47. The van der Waals surface area contributed by atoms with Crippen molar-refractivity contribution < 1.29 is 18.4 Å². The Morgan fingerprint density at radius 2 is 1.92 bits per heavy atom. The van der Waals surface area contributed by atoms with E-state index >= 15 is 0 Å². The number of imidazole rings is 1. The topological polar surface area (TPSA) is 67.3 Å². The second kappa shape index (κ2) is 8.55. The van der Waals surface area contributed by atoms with Crippen molar-refractivity contribution in [1.82, 2.24) is 14.7 Å². The van der Waals surface area contributed by atoms with Crippen LogP contribution in [0, 0.1) is 31.4 Å². The monoisotopic (exact) mass is 490 g/mol. The molecule has 1 saturated heterocycles. The molecule has 36 heavy (non-hydrogen) atoms. The smallest absolute Gasteiger partial charge is 0.160 e. The first kappa shape index (κ1) is 22.9. The number of benzene rings is 2. The molecule has 0 radical (unpaired) electrons. The van der Waals surface area contributed by atoms with Crippen LogP contribution in [-0.4, -0.2) is 26.4 Å². The van der Waals surface area contributed by atoms with Gasteiger partial charge in [0.05, 0.1) is 22.8 Å². The van der Waals surface area contributed by atoms with Crippen LogP contribution >= 0.6 is 0 Å². The number of hydrogen-bond acceptors (Lipinski definition) is 5. The van der Waals surface area contributed by atoms with Gasteiger partial charge in [0.1, 0.15) is 11.6 Å². The number of allylic oxidation sites excluding steroid dienone is 1. The molecular formula is C28H28F2N4O2. The van der Waals surface area contributed by atoms with Gasteiger partial charge in [0.2, 0.25) is 0 Å². The van der Waals surface area contributed by atoms with Gasteiger partial charge in [-0.15, -0.1) is 0 Å². The Hall–Kier alpha value is -3.52. The maximum atomic E-state index is 14.2. The number of hydrogen-bond donors (Lipinski definition) is 1. The van der Waals surface area contributed by atoms with Crippen LogP contribution in [-0.2, 0) is 0 Å². The molecule has 0 amide bonds. The summed E-state index contributed by atoms with van der Waals surface area (Å²) >= 11 is 0. The summed E-state index contributed by atoms with van der Waals surface area (Å²) < 4.78 is 35.5. The number of aryl methyl sites for hydroxylation is 2. The minimum Gasteiger partial charge on any atom is -0.396 e. The molecule has 2 aliphatic rings. The molecule has 2 fully saturated rings. The molecule has 0 bridgehead atoms. The van der Waals surface area contributed by atoms with Gasteiger partial charge < -0.3 is 19.1 Å². The minimum atomic E-state index is -0.881. The van der Waals surface area contributed by atoms with Crippen LogP contribution in [0.2, 0.25) is 0 Å². The third kappa shape index (κ3) is 3.54. The van der Waals surface area contributed by atoms with E-state index in [1.807, 2.05) is 18.7 Å². The number of rotatable bonds is 5. The Balaban J connectivity index is 1.49. The molecule has 1 saturated carbocycles. The van der Waals surface area contributed by atoms with Crippen LogP contribution in [0.5, 0.6) is 0 Å². The van der Waals surface area contributed by atoms with E-state index in [-0.39, 0.29) is 24.6 Å². The molecule has 1 aliphatic heterocycles. The molecule has 0 spiro atoms. The largest absolute Gasteiger partial charge is 0.396 e. The highest BCUT2D eigenvalue weighted by atomic mass is 19.2. The minimum absolute atomic E-state index is 0.162. The van der Waals surface area contributed by atoms with Crippen LogP contribution in [0.15, 0.2) is 53.2 Å². The molecule has 1 aliphatic carbocycles. The Morgan fingerprint density at radius 3 is 2.61 bits per heavy atom. The third-order valence-corrected chi connectivity index (χ3v) is 7.71. The van der Waals surface area contributed by atoms with E-state index in [1.54, 1.807) is 6.07 Å². The van der Waals surface area contributed by atoms with E-state index < -0.39 is 11.6 Å². The molecule has 2 aromatic carbocycles. The lowest BCUT2D eigenvalue weighted by molar-refractivity contribution is 0.112. The number of aliphatic hydroxyl groups is 1. The Bertz CT molecular complexity index is 1460. The molecule has 1 N–H and O–H groups in total. The first-order valence-electron chi connectivity index (χ1n) is 12.3. The van der Waals surface area contributed by atoms with Gasteiger partial charge in [-0.3, -0.25) is 0 Å². The molecule has 8 heteroatoms. The predicted molar refractivity (Wildman–Crippen MR) is 134 cm³/mol. The molecule has 6 rings (SSSR count). The SMILES string of the molecule is C=C1CC[C@@H](c2nc3cc(-c4c(C)noc4C)ccc3n2C2CC(CO)C2)N1c1ccc(F)c(F)c1. The van der Waals surface area contributed by atoms with Gasteiger partial charge in [0.25, 0.3) is 0 Å². The Kier molecular flexibility index (Phi) is 5.44. The standard InChI is InChI=1S/C28H28F2N4O2/c1-15-4-8-26(33(15)20-6-7-22(29)23(30)13-20)28-31-24-12-19(27-16(2)32-36-17(27)3)5-9-25(24)34(28)21-10-18(11-21)14-35/h5-7,9,12-13,18,21,26,35H,1,4,8,10-11,14H2,2-3H3/t18?,21?,26-/m0/s1. The van der Waals surface area contributed by atoms with Gasteiger partial charge >= 0.3 is 0 Å². The van der Waals surface area contributed by atoms with Crippen molar-refractivity contribution in [2.24, 2.45) is 5.92 Å². The molecule has 186 valence electrons. The number of fused-ring (bicyclic) bond motifs is 1. The summed E-state index contributed by atoms with van der Waals surface area (Å²) in [5.74, 6) is 0.165. The second-order valence-corrected chi connectivity index (χ2v) is 10.0. The van der Waals surface area contributed by atoms with Gasteiger partial charge in [-0.2, -0.15) is 0 Å². The van der Waals surface area contributed by atoms with Gasteiger partial charge in [-0.25, -0.2) is 13.8 Å². The molecule has 3 heterocycles. The summed E-state index contributed by atoms with van der Waals surface area (Å²) in [4.78, 5) is 7.11. The van der Waals surface area contributed by atoms with E-state index in [0.717, 1.165) is 76.9 Å². The third-order valence-electron chi connectivity index (χ3n) is 7.71. The highest BCUT2D eigenvalue weighted by Gasteiger charge is 2.38. The average molecular weight is 491 g/mol. The number of aliphatic hydroxyl groups excluding tert-OH is 1. The summed E-state index contributed by atoms with van der Waals surface area (Å²) in [6.45, 7) is 8.22. The van der Waals surface area contributed by atoms with E-state index in [0.29, 0.717) is 5.69 Å². The van der Waals surface area contributed by atoms with Gasteiger partial charge in [0, 0.05) is 35.7 Å². The summed E-state index contributed by atoms with van der Waals surface area (Å²) in [6.07, 6.45) is 3.26. The fraction of sp³-hybridized carbons (Fsp3) is 0.357. The zero-order valence-corrected chi connectivity index (χ0v) is 20.3. The second-order valence-electron chi connectivity index (χ2n) is 10.0. The number of halogens is 2. The lowest BCUT2D eigenvalue weighted by Gasteiger charge is -2.38. The fourth-order valence-corrected chi connectivity index (χ4v) is 5.86. The summed E-state index contributed by atoms with van der Waals surface area (Å²) in [5.41, 5.74) is 6.08. The van der Waals surface area contributed by atoms with E-state index in [4.69, 9.17) is 9.51 Å². The van der Waals surface area contributed by atoms with Crippen LogP contribution in [0.4, 0.5) is 14.5 Å². The van der Waals surface area contributed by atoms with Crippen molar-refractivity contribution in [2.45, 2.75) is 51.6 Å². The Morgan fingerprint density at radius 1 is 1.11 bits per heavy atom. The van der Waals surface area contributed by atoms with E-state index in [2.05, 4.69) is 34.5 Å². The van der Waals surface area contributed by atoms with Gasteiger partial charge in [-0.05, 0) is 75.3 Å². The van der Waals surface area contributed by atoms with Crippen molar-refractivity contribution in [3.63, 3.8) is 0 Å². The quantitative estimate of drug-likeness (QED) is 0.351.